The minimum Gasteiger partial charge on any atom is -0.497 e. The summed E-state index contributed by atoms with van der Waals surface area (Å²) < 4.78 is 18.8. The fourth-order valence-corrected chi connectivity index (χ4v) is 3.57. The van der Waals surface area contributed by atoms with E-state index >= 15 is 0 Å². The van der Waals surface area contributed by atoms with Crippen molar-refractivity contribution in [2.45, 2.75) is 13.2 Å². The van der Waals surface area contributed by atoms with Crippen molar-refractivity contribution in [2.75, 3.05) is 12.4 Å². The summed E-state index contributed by atoms with van der Waals surface area (Å²) in [5, 5.41) is 7.82. The lowest BCUT2D eigenvalue weighted by Crippen LogP contribution is -2.12. The van der Waals surface area contributed by atoms with Crippen molar-refractivity contribution in [2.24, 2.45) is 0 Å². The van der Waals surface area contributed by atoms with Gasteiger partial charge >= 0.3 is 0 Å². The molecular formula is C23H19BrClN3O4. The number of rotatable bonds is 8. The van der Waals surface area contributed by atoms with Crippen molar-refractivity contribution in [1.82, 2.24) is 9.78 Å². The van der Waals surface area contributed by atoms with Gasteiger partial charge in [0.25, 0.3) is 5.91 Å². The highest BCUT2D eigenvalue weighted by Gasteiger charge is 2.16. The van der Waals surface area contributed by atoms with E-state index in [9.17, 15) is 4.79 Å². The Labute approximate surface area is 198 Å². The number of methoxy groups -OCH3 is 1. The average molecular weight is 517 g/mol. The van der Waals surface area contributed by atoms with Gasteiger partial charge in [-0.25, -0.2) is 0 Å². The van der Waals surface area contributed by atoms with Crippen LogP contribution in [0.4, 0.5) is 5.82 Å². The summed E-state index contributed by atoms with van der Waals surface area (Å²) in [5.41, 5.74) is 0.925. The highest BCUT2D eigenvalue weighted by Crippen LogP contribution is 2.24. The van der Waals surface area contributed by atoms with Crippen LogP contribution in [-0.2, 0) is 13.2 Å². The number of aromatic nitrogens is 2. The Morgan fingerprint density at radius 1 is 1.16 bits per heavy atom. The van der Waals surface area contributed by atoms with Crippen LogP contribution in [0.1, 0.15) is 21.9 Å². The van der Waals surface area contributed by atoms with Crippen molar-refractivity contribution in [3.63, 3.8) is 0 Å². The number of carbonyl (C=O) groups excluding carboxylic acids is 1. The number of nitrogens with one attached hydrogen (secondary N) is 1. The molecule has 32 heavy (non-hydrogen) atoms. The lowest BCUT2D eigenvalue weighted by Gasteiger charge is -2.06. The van der Waals surface area contributed by atoms with Crippen molar-refractivity contribution in [1.29, 1.82) is 0 Å². The molecule has 0 unspecified atom stereocenters. The number of ether oxygens (including phenoxy) is 2. The van der Waals surface area contributed by atoms with Gasteiger partial charge in [-0.05, 0) is 51.8 Å². The number of furan rings is 1. The second-order valence-electron chi connectivity index (χ2n) is 6.80. The van der Waals surface area contributed by atoms with Gasteiger partial charge in [0.05, 0.1) is 18.1 Å². The third kappa shape index (κ3) is 5.33. The first-order chi connectivity index (χ1) is 15.5. The molecule has 2 aromatic carbocycles. The number of benzene rings is 2. The zero-order valence-corrected chi connectivity index (χ0v) is 19.4. The Morgan fingerprint density at radius 3 is 2.78 bits per heavy atom. The Bertz CT molecular complexity index is 1240. The number of carbonyl (C=O) groups is 1. The van der Waals surface area contributed by atoms with E-state index in [1.54, 1.807) is 36.2 Å². The lowest BCUT2D eigenvalue weighted by atomic mass is 10.2. The number of hydrogen-bond acceptors (Lipinski definition) is 5. The molecule has 2 aromatic heterocycles. The SMILES string of the molecule is COc1cccc(OCc2ccc(C(=O)Nc3nn(Cc4ccccc4Cl)cc3Br)o2)c1. The molecule has 0 radical (unpaired) electrons. The van der Waals surface area contributed by atoms with Gasteiger partial charge in [0, 0.05) is 17.3 Å². The molecule has 1 N–H and O–H groups in total. The lowest BCUT2D eigenvalue weighted by molar-refractivity contribution is 0.0992. The molecule has 2 heterocycles. The Kier molecular flexibility index (Phi) is 6.82. The van der Waals surface area contributed by atoms with Gasteiger partial charge in [-0.1, -0.05) is 35.9 Å². The fraction of sp³-hybridized carbons (Fsp3) is 0.130. The third-order valence-corrected chi connectivity index (χ3v) is 5.50. The molecule has 164 valence electrons. The van der Waals surface area contributed by atoms with E-state index in [4.69, 9.17) is 25.5 Å². The van der Waals surface area contributed by atoms with Gasteiger partial charge in [-0.15, -0.1) is 0 Å². The largest absolute Gasteiger partial charge is 0.497 e. The zero-order chi connectivity index (χ0) is 22.5. The highest BCUT2D eigenvalue weighted by atomic mass is 79.9. The number of halogens is 2. The summed E-state index contributed by atoms with van der Waals surface area (Å²) in [4.78, 5) is 12.6. The van der Waals surface area contributed by atoms with Gasteiger partial charge in [-0.3, -0.25) is 9.48 Å². The Morgan fingerprint density at radius 2 is 1.97 bits per heavy atom. The minimum atomic E-state index is -0.415. The predicted molar refractivity (Wildman–Crippen MR) is 124 cm³/mol. The van der Waals surface area contributed by atoms with Gasteiger partial charge in [0.1, 0.15) is 23.9 Å². The maximum Gasteiger partial charge on any atom is 0.292 e. The summed E-state index contributed by atoms with van der Waals surface area (Å²) in [6, 6.07) is 18.1. The first-order valence-corrected chi connectivity index (χ1v) is 10.8. The molecule has 0 saturated carbocycles. The molecule has 0 aliphatic carbocycles. The monoisotopic (exact) mass is 515 g/mol. The molecule has 0 fully saturated rings. The normalized spacial score (nSPS) is 10.7. The second kappa shape index (κ2) is 9.93. The van der Waals surface area contributed by atoms with Gasteiger partial charge in [-0.2, -0.15) is 5.10 Å². The zero-order valence-electron chi connectivity index (χ0n) is 17.0. The van der Waals surface area contributed by atoms with Crippen molar-refractivity contribution in [3.8, 4) is 11.5 Å². The molecule has 4 rings (SSSR count). The molecule has 0 atom stereocenters. The first-order valence-electron chi connectivity index (χ1n) is 9.65. The van der Waals surface area contributed by atoms with E-state index in [1.807, 2.05) is 42.5 Å². The van der Waals surface area contributed by atoms with E-state index in [0.29, 0.717) is 39.1 Å². The van der Waals surface area contributed by atoms with Crippen LogP contribution >= 0.6 is 27.5 Å². The van der Waals surface area contributed by atoms with E-state index < -0.39 is 5.91 Å². The van der Waals surface area contributed by atoms with Crippen LogP contribution < -0.4 is 14.8 Å². The van der Waals surface area contributed by atoms with Gasteiger partial charge in [0.15, 0.2) is 11.6 Å². The van der Waals surface area contributed by atoms with Crippen LogP contribution in [-0.4, -0.2) is 22.8 Å². The minimum absolute atomic E-state index is 0.154. The summed E-state index contributed by atoms with van der Waals surface area (Å²) in [7, 11) is 1.59. The van der Waals surface area contributed by atoms with Crippen LogP contribution in [0.15, 0.2) is 75.8 Å². The maximum atomic E-state index is 12.6. The number of anilines is 1. The summed E-state index contributed by atoms with van der Waals surface area (Å²) in [6.07, 6.45) is 1.77. The molecule has 1 amide bonds. The fourth-order valence-electron chi connectivity index (χ4n) is 2.96. The summed E-state index contributed by atoms with van der Waals surface area (Å²) in [6.45, 7) is 0.650. The van der Waals surface area contributed by atoms with Gasteiger partial charge in [0.2, 0.25) is 0 Å². The molecule has 9 heteroatoms. The van der Waals surface area contributed by atoms with E-state index in [-0.39, 0.29) is 12.4 Å². The maximum absolute atomic E-state index is 12.6. The van der Waals surface area contributed by atoms with E-state index in [2.05, 4.69) is 26.3 Å². The standard InChI is InChI=1S/C23H19BrClN3O4/c1-30-16-6-4-7-17(11-16)31-14-18-9-10-21(32-18)23(29)26-22-19(24)13-28(27-22)12-15-5-2-3-8-20(15)25/h2-11,13H,12,14H2,1H3,(H,26,27,29). The van der Waals surface area contributed by atoms with Crippen molar-refractivity contribution >= 4 is 39.3 Å². The molecule has 0 bridgehead atoms. The van der Waals surface area contributed by atoms with Crippen molar-refractivity contribution in [3.05, 3.63) is 93.4 Å². The quantitative estimate of drug-likeness (QED) is 0.321. The number of nitrogens with zero attached hydrogens (tertiary/aromatic N) is 2. The van der Waals surface area contributed by atoms with Crippen molar-refractivity contribution < 1.29 is 18.7 Å². The van der Waals surface area contributed by atoms with E-state index in [0.717, 1.165) is 5.56 Å². The van der Waals surface area contributed by atoms with Crippen LogP contribution in [0.5, 0.6) is 11.5 Å². The summed E-state index contributed by atoms with van der Waals surface area (Å²) in [5.74, 6) is 1.97. The first kappa shape index (κ1) is 22.0. The number of hydrogen-bond donors (Lipinski definition) is 1. The predicted octanol–water partition coefficient (Wildman–Crippen LogP) is 5.78. The molecular weight excluding hydrogens is 498 g/mol. The van der Waals surface area contributed by atoms with Crippen LogP contribution in [0.2, 0.25) is 5.02 Å². The Hall–Kier alpha value is -3.23. The number of amides is 1. The highest BCUT2D eigenvalue weighted by molar-refractivity contribution is 9.10. The molecule has 0 aliphatic rings. The summed E-state index contributed by atoms with van der Waals surface area (Å²) >= 11 is 9.64. The molecule has 4 aromatic rings. The molecule has 0 saturated heterocycles. The topological polar surface area (TPSA) is 78.5 Å². The third-order valence-electron chi connectivity index (χ3n) is 4.55. The van der Waals surface area contributed by atoms with Gasteiger partial charge < -0.3 is 19.2 Å². The molecule has 0 aliphatic heterocycles. The molecule has 0 spiro atoms. The smallest absolute Gasteiger partial charge is 0.292 e. The average Bonchev–Trinajstić information content (AvgIpc) is 3.41. The van der Waals surface area contributed by atoms with Crippen LogP contribution in [0.3, 0.4) is 0 Å². The van der Waals surface area contributed by atoms with Crippen LogP contribution in [0.25, 0.3) is 0 Å². The Balaban J connectivity index is 1.37. The molecule has 7 nitrogen and oxygen atoms in total. The van der Waals surface area contributed by atoms with E-state index in [1.165, 1.54) is 0 Å². The second-order valence-corrected chi connectivity index (χ2v) is 8.06. The van der Waals surface area contributed by atoms with Crippen LogP contribution in [0, 0.1) is 0 Å².